The maximum atomic E-state index is 12.5. The third-order valence-corrected chi connectivity index (χ3v) is 6.67. The number of piperidine rings is 1. The first-order valence-corrected chi connectivity index (χ1v) is 10.9. The van der Waals surface area contributed by atoms with Crippen molar-refractivity contribution in [3.05, 3.63) is 57.7 Å². The number of methoxy groups -OCH3 is 1. The van der Waals surface area contributed by atoms with Gasteiger partial charge in [-0.15, -0.1) is 0 Å². The molecule has 3 heterocycles. The number of rotatable bonds is 5. The fourth-order valence-corrected chi connectivity index (χ4v) is 4.69. The van der Waals surface area contributed by atoms with Gasteiger partial charge in [0.15, 0.2) is 0 Å². The van der Waals surface area contributed by atoms with Crippen molar-refractivity contribution in [2.45, 2.75) is 32.7 Å². The van der Waals surface area contributed by atoms with Gasteiger partial charge in [-0.3, -0.25) is 14.7 Å². The van der Waals surface area contributed by atoms with Crippen LogP contribution in [0.1, 0.15) is 31.7 Å². The number of aryl methyl sites for hydroxylation is 1. The molecule has 5 nitrogen and oxygen atoms in total. The van der Waals surface area contributed by atoms with Crippen molar-refractivity contribution in [2.75, 3.05) is 20.2 Å². The Morgan fingerprint density at radius 3 is 2.70 bits per heavy atom. The number of nitrogens with zero attached hydrogens (tertiary/aromatic N) is 3. The van der Waals surface area contributed by atoms with E-state index in [4.69, 9.17) is 16.3 Å². The van der Waals surface area contributed by atoms with Gasteiger partial charge in [-0.05, 0) is 61.0 Å². The van der Waals surface area contributed by atoms with Crippen molar-refractivity contribution in [2.24, 2.45) is 13.0 Å². The zero-order chi connectivity index (χ0) is 21.3. The van der Waals surface area contributed by atoms with Crippen molar-refractivity contribution in [3.63, 3.8) is 0 Å². The normalized spacial score (nSPS) is 15.6. The number of hydrogen-bond donors (Lipinski definition) is 0. The van der Waals surface area contributed by atoms with Crippen molar-refractivity contribution < 1.29 is 4.74 Å². The molecule has 0 bridgehead atoms. The summed E-state index contributed by atoms with van der Waals surface area (Å²) < 4.78 is 7.34. The summed E-state index contributed by atoms with van der Waals surface area (Å²) >= 11 is 6.77. The van der Waals surface area contributed by atoms with E-state index in [9.17, 15) is 4.79 Å². The Hall–Kier alpha value is -2.37. The Labute approximate surface area is 182 Å². The van der Waals surface area contributed by atoms with Crippen molar-refractivity contribution in [3.8, 4) is 16.9 Å². The summed E-state index contributed by atoms with van der Waals surface area (Å²) in [5, 5.41) is 2.15. The van der Waals surface area contributed by atoms with E-state index in [2.05, 4.69) is 16.8 Å². The van der Waals surface area contributed by atoms with E-state index in [1.807, 2.05) is 24.4 Å². The zero-order valence-corrected chi connectivity index (χ0v) is 18.6. The standard InChI is InChI=1S/C24H28ClN3O2/c1-4-16-6-9-28(10-7-16)15-21-22(25)11-17(12-23(21)30-3)20-14-27(2)24(29)19-13-26-8-5-18(19)20/h5,8,11-14,16H,4,6-7,9-10,15H2,1-3H3. The van der Waals surface area contributed by atoms with Gasteiger partial charge in [-0.1, -0.05) is 24.9 Å². The maximum Gasteiger partial charge on any atom is 0.259 e. The topological polar surface area (TPSA) is 47.4 Å². The van der Waals surface area contributed by atoms with E-state index in [1.165, 1.54) is 19.3 Å². The van der Waals surface area contributed by atoms with Crippen LogP contribution in [0.25, 0.3) is 21.9 Å². The molecule has 0 N–H and O–H groups in total. The lowest BCUT2D eigenvalue weighted by atomic mass is 9.94. The van der Waals surface area contributed by atoms with E-state index >= 15 is 0 Å². The SMILES string of the molecule is CCC1CCN(Cc2c(Cl)cc(-c3cn(C)c(=O)c4cnccc34)cc2OC)CC1. The molecule has 2 aromatic heterocycles. The molecule has 1 aliphatic rings. The quantitative estimate of drug-likeness (QED) is 0.584. The summed E-state index contributed by atoms with van der Waals surface area (Å²) in [6, 6.07) is 5.88. The van der Waals surface area contributed by atoms with Crippen LogP contribution in [0.15, 0.2) is 41.6 Å². The van der Waals surface area contributed by atoms with Crippen LogP contribution in [-0.2, 0) is 13.6 Å². The Morgan fingerprint density at radius 2 is 2.00 bits per heavy atom. The molecule has 4 rings (SSSR count). The van der Waals surface area contributed by atoms with E-state index in [0.29, 0.717) is 10.4 Å². The van der Waals surface area contributed by atoms with Gasteiger partial charge in [0.25, 0.3) is 5.56 Å². The first-order valence-electron chi connectivity index (χ1n) is 10.5. The molecule has 0 unspecified atom stereocenters. The molecular formula is C24H28ClN3O2. The van der Waals surface area contributed by atoms with Crippen LogP contribution in [0, 0.1) is 5.92 Å². The Kier molecular flexibility index (Phi) is 6.11. The van der Waals surface area contributed by atoms with Gasteiger partial charge in [-0.25, -0.2) is 0 Å². The monoisotopic (exact) mass is 425 g/mol. The van der Waals surface area contributed by atoms with Gasteiger partial charge in [0.2, 0.25) is 0 Å². The summed E-state index contributed by atoms with van der Waals surface area (Å²) in [6.45, 7) is 5.26. The molecule has 0 atom stereocenters. The summed E-state index contributed by atoms with van der Waals surface area (Å²) in [6.07, 6.45) is 8.92. The molecule has 0 amide bonds. The second kappa shape index (κ2) is 8.78. The van der Waals surface area contributed by atoms with Crippen LogP contribution in [-0.4, -0.2) is 34.7 Å². The van der Waals surface area contributed by atoms with E-state index in [1.54, 1.807) is 31.1 Å². The molecule has 1 aliphatic heterocycles. The van der Waals surface area contributed by atoms with Gasteiger partial charge in [0.1, 0.15) is 5.75 Å². The van der Waals surface area contributed by atoms with Gasteiger partial charge >= 0.3 is 0 Å². The zero-order valence-electron chi connectivity index (χ0n) is 17.8. The average Bonchev–Trinajstić information content (AvgIpc) is 2.78. The molecule has 0 spiro atoms. The molecule has 0 saturated carbocycles. The molecule has 30 heavy (non-hydrogen) atoms. The highest BCUT2D eigenvalue weighted by Crippen LogP contribution is 2.37. The number of halogens is 1. The van der Waals surface area contributed by atoms with Crippen molar-refractivity contribution in [1.82, 2.24) is 14.5 Å². The molecule has 3 aromatic rings. The molecule has 1 fully saturated rings. The number of pyridine rings is 2. The number of fused-ring (bicyclic) bond motifs is 1. The first kappa shape index (κ1) is 20.9. The lowest BCUT2D eigenvalue weighted by molar-refractivity contribution is 0.173. The molecule has 1 saturated heterocycles. The second-order valence-electron chi connectivity index (χ2n) is 8.15. The van der Waals surface area contributed by atoms with Gasteiger partial charge < -0.3 is 9.30 Å². The summed E-state index contributed by atoms with van der Waals surface area (Å²) in [5.74, 6) is 1.62. The Balaban J connectivity index is 1.72. The highest BCUT2D eigenvalue weighted by molar-refractivity contribution is 6.32. The predicted molar refractivity (Wildman–Crippen MR) is 122 cm³/mol. The smallest absolute Gasteiger partial charge is 0.259 e. The minimum atomic E-state index is -0.0629. The fraction of sp³-hybridized carbons (Fsp3) is 0.417. The number of aromatic nitrogens is 2. The van der Waals surface area contributed by atoms with E-state index < -0.39 is 0 Å². The van der Waals surface area contributed by atoms with Crippen LogP contribution in [0.4, 0.5) is 0 Å². The number of benzene rings is 1. The highest BCUT2D eigenvalue weighted by atomic mass is 35.5. The largest absolute Gasteiger partial charge is 0.496 e. The molecule has 1 aromatic carbocycles. The third-order valence-electron chi connectivity index (χ3n) is 6.34. The van der Waals surface area contributed by atoms with Crippen LogP contribution >= 0.6 is 11.6 Å². The van der Waals surface area contributed by atoms with Gasteiger partial charge in [0, 0.05) is 48.3 Å². The molecule has 6 heteroatoms. The fourth-order valence-electron chi connectivity index (χ4n) is 4.42. The molecular weight excluding hydrogens is 398 g/mol. The maximum absolute atomic E-state index is 12.5. The average molecular weight is 426 g/mol. The highest BCUT2D eigenvalue weighted by Gasteiger charge is 2.21. The van der Waals surface area contributed by atoms with Crippen LogP contribution in [0.5, 0.6) is 5.75 Å². The molecule has 0 radical (unpaired) electrons. The Morgan fingerprint density at radius 1 is 1.23 bits per heavy atom. The summed E-state index contributed by atoms with van der Waals surface area (Å²) in [4.78, 5) is 19.1. The lowest BCUT2D eigenvalue weighted by Gasteiger charge is -2.32. The minimum absolute atomic E-state index is 0.0629. The van der Waals surface area contributed by atoms with Crippen molar-refractivity contribution in [1.29, 1.82) is 0 Å². The molecule has 0 aliphatic carbocycles. The third kappa shape index (κ3) is 3.96. The van der Waals surface area contributed by atoms with Crippen LogP contribution < -0.4 is 10.3 Å². The number of likely N-dealkylation sites (tertiary alicyclic amines) is 1. The van der Waals surface area contributed by atoms with Crippen LogP contribution in [0.3, 0.4) is 0 Å². The first-order chi connectivity index (χ1) is 14.5. The lowest BCUT2D eigenvalue weighted by Crippen LogP contribution is -2.33. The van der Waals surface area contributed by atoms with E-state index in [-0.39, 0.29) is 5.56 Å². The van der Waals surface area contributed by atoms with Gasteiger partial charge in [-0.2, -0.15) is 0 Å². The summed E-state index contributed by atoms with van der Waals surface area (Å²) in [7, 11) is 3.44. The van der Waals surface area contributed by atoms with E-state index in [0.717, 1.165) is 53.4 Å². The second-order valence-corrected chi connectivity index (χ2v) is 8.55. The number of ether oxygens (including phenoxy) is 1. The van der Waals surface area contributed by atoms with Crippen molar-refractivity contribution >= 4 is 22.4 Å². The number of hydrogen-bond acceptors (Lipinski definition) is 4. The minimum Gasteiger partial charge on any atom is -0.496 e. The molecule has 158 valence electrons. The van der Waals surface area contributed by atoms with Gasteiger partial charge in [0.05, 0.1) is 12.5 Å². The van der Waals surface area contributed by atoms with Crippen LogP contribution in [0.2, 0.25) is 5.02 Å². The summed E-state index contributed by atoms with van der Waals surface area (Å²) in [5.41, 5.74) is 2.82. The Bertz CT molecular complexity index is 1120. The predicted octanol–water partition coefficient (Wildman–Crippen LogP) is 4.88.